The summed E-state index contributed by atoms with van der Waals surface area (Å²) in [4.78, 5) is 13.4. The van der Waals surface area contributed by atoms with E-state index in [1.807, 2.05) is 37.4 Å². The summed E-state index contributed by atoms with van der Waals surface area (Å²) in [6.45, 7) is 1.18. The van der Waals surface area contributed by atoms with Crippen LogP contribution < -0.4 is 0 Å². The number of nitrogens with zero attached hydrogens (tertiary/aromatic N) is 1. The summed E-state index contributed by atoms with van der Waals surface area (Å²) in [5, 5.41) is 0. The molecule has 1 aromatic carbocycles. The second kappa shape index (κ2) is 5.71. The molecule has 3 heteroatoms. The molecule has 0 heterocycles. The highest BCUT2D eigenvalue weighted by Crippen LogP contribution is 2.26. The van der Waals surface area contributed by atoms with Crippen molar-refractivity contribution >= 4 is 6.09 Å². The quantitative estimate of drug-likeness (QED) is 0.800. The molecule has 1 fully saturated rings. The zero-order chi connectivity index (χ0) is 12.1. The molecule has 92 valence electrons. The third-order valence-corrected chi connectivity index (χ3v) is 3.27. The van der Waals surface area contributed by atoms with Crippen LogP contribution in [0.4, 0.5) is 4.79 Å². The van der Waals surface area contributed by atoms with Gasteiger partial charge in [0.2, 0.25) is 0 Å². The van der Waals surface area contributed by atoms with Crippen LogP contribution >= 0.6 is 0 Å². The maximum Gasteiger partial charge on any atom is 0.409 e. The molecular weight excluding hydrogens is 214 g/mol. The molecule has 17 heavy (non-hydrogen) atoms. The van der Waals surface area contributed by atoms with Gasteiger partial charge in [-0.3, -0.25) is 0 Å². The van der Waals surface area contributed by atoms with Gasteiger partial charge in [0.05, 0.1) is 0 Å². The maximum absolute atomic E-state index is 11.7. The van der Waals surface area contributed by atoms with Gasteiger partial charge in [-0.15, -0.1) is 0 Å². The fourth-order valence-corrected chi connectivity index (χ4v) is 1.97. The molecule has 0 unspecified atom stereocenters. The largest absolute Gasteiger partial charge is 0.445 e. The second-order valence-electron chi connectivity index (χ2n) is 4.72. The molecule has 1 aliphatic rings. The Bertz CT molecular complexity index is 360. The summed E-state index contributed by atoms with van der Waals surface area (Å²) in [5.41, 5.74) is 1.03. The summed E-state index contributed by atoms with van der Waals surface area (Å²) in [5.74, 6) is 0.685. The van der Waals surface area contributed by atoms with E-state index >= 15 is 0 Å². The Balaban J connectivity index is 1.72. The van der Waals surface area contributed by atoms with Crippen LogP contribution in [0.15, 0.2) is 30.3 Å². The van der Waals surface area contributed by atoms with Crippen molar-refractivity contribution in [2.24, 2.45) is 5.92 Å². The van der Waals surface area contributed by atoms with E-state index in [9.17, 15) is 4.79 Å². The third kappa shape index (κ3) is 3.48. The molecule has 0 aliphatic heterocycles. The number of carbonyl (C=O) groups excluding carboxylic acids is 1. The first-order chi connectivity index (χ1) is 8.25. The van der Waals surface area contributed by atoms with E-state index in [0.29, 0.717) is 12.5 Å². The predicted octanol–water partition coefficient (Wildman–Crippen LogP) is 3.06. The summed E-state index contributed by atoms with van der Waals surface area (Å²) in [6, 6.07) is 9.76. The number of carbonyl (C=O) groups is 1. The molecule has 0 spiro atoms. The Morgan fingerprint density at radius 2 is 2.06 bits per heavy atom. The Morgan fingerprint density at radius 3 is 2.65 bits per heavy atom. The lowest BCUT2D eigenvalue weighted by atomic mass is 9.85. The average molecular weight is 233 g/mol. The van der Waals surface area contributed by atoms with Gasteiger partial charge in [-0.2, -0.15) is 0 Å². The molecule has 0 bridgehead atoms. The van der Waals surface area contributed by atoms with Gasteiger partial charge in [0.15, 0.2) is 0 Å². The van der Waals surface area contributed by atoms with E-state index in [0.717, 1.165) is 12.1 Å². The van der Waals surface area contributed by atoms with Crippen LogP contribution in [0.25, 0.3) is 0 Å². The van der Waals surface area contributed by atoms with Crippen molar-refractivity contribution < 1.29 is 9.53 Å². The maximum atomic E-state index is 11.7. The Labute approximate surface area is 102 Å². The standard InChI is InChI=1S/C14H19NO2/c1-15(10-12-8-5-9-12)14(16)17-11-13-6-3-2-4-7-13/h2-4,6-7,12H,5,8-11H2,1H3. The molecule has 1 aliphatic carbocycles. The lowest BCUT2D eigenvalue weighted by Gasteiger charge is -2.29. The summed E-state index contributed by atoms with van der Waals surface area (Å²) < 4.78 is 5.25. The predicted molar refractivity (Wildman–Crippen MR) is 66.6 cm³/mol. The molecule has 0 atom stereocenters. The molecule has 0 saturated heterocycles. The Morgan fingerprint density at radius 1 is 1.35 bits per heavy atom. The number of rotatable bonds is 4. The van der Waals surface area contributed by atoms with Crippen LogP contribution in [0.3, 0.4) is 0 Å². The van der Waals surface area contributed by atoms with Gasteiger partial charge in [0.25, 0.3) is 0 Å². The number of ether oxygens (including phenoxy) is 1. The number of hydrogen-bond acceptors (Lipinski definition) is 2. The van der Waals surface area contributed by atoms with E-state index in [-0.39, 0.29) is 6.09 Å². The minimum Gasteiger partial charge on any atom is -0.445 e. The smallest absolute Gasteiger partial charge is 0.409 e. The lowest BCUT2D eigenvalue weighted by Crippen LogP contribution is -2.34. The first-order valence-electron chi connectivity index (χ1n) is 6.17. The monoisotopic (exact) mass is 233 g/mol. The van der Waals surface area contributed by atoms with E-state index in [1.54, 1.807) is 4.90 Å². The summed E-state index contributed by atoms with van der Waals surface area (Å²) in [6.07, 6.45) is 3.57. The van der Waals surface area contributed by atoms with Gasteiger partial charge < -0.3 is 9.64 Å². The highest BCUT2D eigenvalue weighted by atomic mass is 16.6. The molecule has 0 radical (unpaired) electrons. The van der Waals surface area contributed by atoms with Gasteiger partial charge >= 0.3 is 6.09 Å². The minimum atomic E-state index is -0.222. The van der Waals surface area contributed by atoms with Gasteiger partial charge in [0.1, 0.15) is 6.61 Å². The van der Waals surface area contributed by atoms with E-state index in [4.69, 9.17) is 4.74 Å². The lowest BCUT2D eigenvalue weighted by molar-refractivity contribution is 0.0931. The van der Waals surface area contributed by atoms with Crippen LogP contribution in [0.2, 0.25) is 0 Å². The topological polar surface area (TPSA) is 29.5 Å². The molecule has 3 nitrogen and oxygen atoms in total. The van der Waals surface area contributed by atoms with Crippen LogP contribution in [-0.4, -0.2) is 24.6 Å². The van der Waals surface area contributed by atoms with Crippen molar-refractivity contribution in [1.82, 2.24) is 4.90 Å². The van der Waals surface area contributed by atoms with Crippen molar-refractivity contribution in [2.45, 2.75) is 25.9 Å². The van der Waals surface area contributed by atoms with Gasteiger partial charge in [-0.1, -0.05) is 36.8 Å². The third-order valence-electron chi connectivity index (χ3n) is 3.27. The van der Waals surface area contributed by atoms with Gasteiger partial charge in [0, 0.05) is 13.6 Å². The number of benzene rings is 1. The highest BCUT2D eigenvalue weighted by molar-refractivity contribution is 5.67. The molecule has 2 rings (SSSR count). The summed E-state index contributed by atoms with van der Waals surface area (Å²) >= 11 is 0. The van der Waals surface area contributed by atoms with Crippen LogP contribution in [0.5, 0.6) is 0 Å². The molecule has 1 amide bonds. The number of hydrogen-bond donors (Lipinski definition) is 0. The Hall–Kier alpha value is -1.51. The zero-order valence-electron chi connectivity index (χ0n) is 10.3. The average Bonchev–Trinajstić information content (AvgIpc) is 2.32. The van der Waals surface area contributed by atoms with Crippen molar-refractivity contribution in [2.75, 3.05) is 13.6 Å². The SMILES string of the molecule is CN(CC1CCC1)C(=O)OCc1ccccc1. The first-order valence-corrected chi connectivity index (χ1v) is 6.17. The first kappa shape index (κ1) is 12.0. The molecule has 1 aromatic rings. The van der Waals surface area contributed by atoms with E-state index < -0.39 is 0 Å². The fraction of sp³-hybridized carbons (Fsp3) is 0.500. The van der Waals surface area contributed by atoms with Crippen molar-refractivity contribution in [3.8, 4) is 0 Å². The number of amides is 1. The molecule has 0 aromatic heterocycles. The van der Waals surface area contributed by atoms with Crippen LogP contribution in [0, 0.1) is 5.92 Å². The minimum absolute atomic E-state index is 0.222. The zero-order valence-corrected chi connectivity index (χ0v) is 10.3. The molecular formula is C14H19NO2. The van der Waals surface area contributed by atoms with E-state index in [2.05, 4.69) is 0 Å². The second-order valence-corrected chi connectivity index (χ2v) is 4.72. The highest BCUT2D eigenvalue weighted by Gasteiger charge is 2.21. The normalized spacial score (nSPS) is 15.1. The summed E-state index contributed by atoms with van der Waals surface area (Å²) in [7, 11) is 1.81. The van der Waals surface area contributed by atoms with Crippen molar-refractivity contribution in [3.63, 3.8) is 0 Å². The molecule has 1 saturated carbocycles. The van der Waals surface area contributed by atoms with E-state index in [1.165, 1.54) is 19.3 Å². The van der Waals surface area contributed by atoms with Crippen LogP contribution in [0.1, 0.15) is 24.8 Å². The van der Waals surface area contributed by atoms with Crippen molar-refractivity contribution in [3.05, 3.63) is 35.9 Å². The van der Waals surface area contributed by atoms with Crippen molar-refractivity contribution in [1.29, 1.82) is 0 Å². The van der Waals surface area contributed by atoms with Crippen LogP contribution in [-0.2, 0) is 11.3 Å². The van der Waals surface area contributed by atoms with Gasteiger partial charge in [-0.05, 0) is 24.3 Å². The van der Waals surface area contributed by atoms with Gasteiger partial charge in [-0.25, -0.2) is 4.79 Å². The fourth-order valence-electron chi connectivity index (χ4n) is 1.97. The Kier molecular flexibility index (Phi) is 4.02. The molecule has 0 N–H and O–H groups in total.